The average molecular weight is 311 g/mol. The summed E-state index contributed by atoms with van der Waals surface area (Å²) in [6.45, 7) is 8.62. The van der Waals surface area contributed by atoms with E-state index in [-0.39, 0.29) is 6.04 Å². The van der Waals surface area contributed by atoms with Gasteiger partial charge in [-0.15, -0.1) is 0 Å². The number of aryl methyl sites for hydroxylation is 1. The highest BCUT2D eigenvalue weighted by atomic mass is 16.5. The Morgan fingerprint density at radius 1 is 1.26 bits per heavy atom. The van der Waals surface area contributed by atoms with Crippen molar-refractivity contribution < 1.29 is 4.52 Å². The Hall–Kier alpha value is -2.23. The maximum Gasteiger partial charge on any atom is 0.243 e. The molecule has 3 rings (SSSR count). The van der Waals surface area contributed by atoms with Crippen LogP contribution >= 0.6 is 0 Å². The zero-order valence-electron chi connectivity index (χ0n) is 13.6. The third-order valence-corrected chi connectivity index (χ3v) is 4.39. The molecule has 0 unspecified atom stereocenters. The molecule has 0 bridgehead atoms. The maximum atomic E-state index is 9.19. The minimum Gasteiger partial charge on any atom is -0.338 e. The molecule has 6 heteroatoms. The monoisotopic (exact) mass is 311 g/mol. The highest BCUT2D eigenvalue weighted by Gasteiger charge is 2.25. The summed E-state index contributed by atoms with van der Waals surface area (Å²) in [6.07, 6.45) is 0. The van der Waals surface area contributed by atoms with Gasteiger partial charge in [0.05, 0.1) is 17.7 Å². The van der Waals surface area contributed by atoms with Crippen molar-refractivity contribution in [3.05, 3.63) is 47.1 Å². The third-order valence-electron chi connectivity index (χ3n) is 4.39. The zero-order valence-corrected chi connectivity index (χ0v) is 13.6. The van der Waals surface area contributed by atoms with Crippen LogP contribution < -0.4 is 0 Å². The largest absolute Gasteiger partial charge is 0.338 e. The summed E-state index contributed by atoms with van der Waals surface area (Å²) in [4.78, 5) is 9.07. The summed E-state index contributed by atoms with van der Waals surface area (Å²) < 4.78 is 5.28. The first kappa shape index (κ1) is 15.7. The molecule has 6 nitrogen and oxygen atoms in total. The molecular formula is C17H21N5O. The molecule has 1 aromatic carbocycles. The highest BCUT2D eigenvalue weighted by Crippen LogP contribution is 2.21. The summed E-state index contributed by atoms with van der Waals surface area (Å²) in [5.41, 5.74) is 1.87. The molecule has 0 spiro atoms. The molecule has 1 aliphatic heterocycles. The van der Waals surface area contributed by atoms with Crippen LogP contribution in [0.2, 0.25) is 0 Å². The molecule has 1 aromatic heterocycles. The van der Waals surface area contributed by atoms with E-state index in [2.05, 4.69) is 32.9 Å². The van der Waals surface area contributed by atoms with E-state index in [1.807, 2.05) is 31.2 Å². The molecule has 120 valence electrons. The molecule has 1 atom stereocenters. The normalized spacial score (nSPS) is 17.8. The smallest absolute Gasteiger partial charge is 0.243 e. The fraction of sp³-hybridized carbons (Fsp3) is 0.471. The summed E-state index contributed by atoms with van der Waals surface area (Å²) in [6, 6.07) is 10.2. The number of hydrogen-bond donors (Lipinski definition) is 0. The van der Waals surface area contributed by atoms with Crippen LogP contribution in [0.5, 0.6) is 0 Å². The van der Waals surface area contributed by atoms with Gasteiger partial charge in [0.2, 0.25) is 5.89 Å². The van der Waals surface area contributed by atoms with Gasteiger partial charge in [-0.05, 0) is 25.5 Å². The van der Waals surface area contributed by atoms with Gasteiger partial charge in [0.25, 0.3) is 0 Å². The van der Waals surface area contributed by atoms with Gasteiger partial charge < -0.3 is 4.52 Å². The summed E-state index contributed by atoms with van der Waals surface area (Å²) >= 11 is 0. The SMILES string of the molecule is Cc1noc([C@@H](C)N2CCN(Cc3ccccc3C#N)CC2)n1. The van der Waals surface area contributed by atoms with E-state index in [1.165, 1.54) is 0 Å². The quantitative estimate of drug-likeness (QED) is 0.861. The van der Waals surface area contributed by atoms with Gasteiger partial charge in [-0.2, -0.15) is 10.2 Å². The van der Waals surface area contributed by atoms with Crippen LogP contribution in [0.4, 0.5) is 0 Å². The van der Waals surface area contributed by atoms with E-state index in [9.17, 15) is 5.26 Å². The topological polar surface area (TPSA) is 69.2 Å². The molecule has 0 amide bonds. The van der Waals surface area contributed by atoms with Crippen molar-refractivity contribution in [3.8, 4) is 6.07 Å². The molecule has 0 saturated carbocycles. The van der Waals surface area contributed by atoms with Crippen molar-refractivity contribution in [2.45, 2.75) is 26.4 Å². The Bertz CT molecular complexity index is 697. The molecule has 23 heavy (non-hydrogen) atoms. The van der Waals surface area contributed by atoms with Crippen molar-refractivity contribution >= 4 is 0 Å². The van der Waals surface area contributed by atoms with Gasteiger partial charge >= 0.3 is 0 Å². The maximum absolute atomic E-state index is 9.19. The number of nitriles is 1. The van der Waals surface area contributed by atoms with Crippen molar-refractivity contribution in [2.75, 3.05) is 26.2 Å². The van der Waals surface area contributed by atoms with Crippen molar-refractivity contribution in [1.82, 2.24) is 19.9 Å². The second kappa shape index (κ2) is 6.90. The molecule has 1 aliphatic rings. The first-order valence-electron chi connectivity index (χ1n) is 7.92. The van der Waals surface area contributed by atoms with Gasteiger partial charge in [-0.1, -0.05) is 23.4 Å². The first-order chi connectivity index (χ1) is 11.2. The van der Waals surface area contributed by atoms with Crippen molar-refractivity contribution in [3.63, 3.8) is 0 Å². The molecule has 1 saturated heterocycles. The molecule has 0 radical (unpaired) electrons. The number of nitrogens with zero attached hydrogens (tertiary/aromatic N) is 5. The minimum atomic E-state index is 0.143. The van der Waals surface area contributed by atoms with Gasteiger partial charge in [0.15, 0.2) is 5.82 Å². The number of piperazine rings is 1. The van der Waals surface area contributed by atoms with E-state index in [0.717, 1.165) is 43.9 Å². The van der Waals surface area contributed by atoms with Crippen LogP contribution in [0.3, 0.4) is 0 Å². The first-order valence-corrected chi connectivity index (χ1v) is 7.92. The van der Waals surface area contributed by atoms with E-state index in [0.29, 0.717) is 11.7 Å². The number of aromatic nitrogens is 2. The Morgan fingerprint density at radius 2 is 2.00 bits per heavy atom. The Morgan fingerprint density at radius 3 is 2.65 bits per heavy atom. The van der Waals surface area contributed by atoms with Gasteiger partial charge in [0, 0.05) is 32.7 Å². The third kappa shape index (κ3) is 3.58. The molecule has 1 fully saturated rings. The minimum absolute atomic E-state index is 0.143. The van der Waals surface area contributed by atoms with Gasteiger partial charge in [-0.25, -0.2) is 0 Å². The lowest BCUT2D eigenvalue weighted by atomic mass is 10.1. The second-order valence-electron chi connectivity index (χ2n) is 5.94. The fourth-order valence-corrected chi connectivity index (χ4v) is 2.96. The van der Waals surface area contributed by atoms with E-state index < -0.39 is 0 Å². The Kier molecular flexibility index (Phi) is 4.70. The molecule has 2 heterocycles. The van der Waals surface area contributed by atoms with Crippen LogP contribution in [0.15, 0.2) is 28.8 Å². The summed E-state index contributed by atoms with van der Waals surface area (Å²) in [5, 5.41) is 13.1. The fourth-order valence-electron chi connectivity index (χ4n) is 2.96. The molecular weight excluding hydrogens is 290 g/mol. The predicted molar refractivity (Wildman–Crippen MR) is 85.5 cm³/mol. The highest BCUT2D eigenvalue weighted by molar-refractivity contribution is 5.37. The van der Waals surface area contributed by atoms with Crippen LogP contribution in [-0.2, 0) is 6.54 Å². The van der Waals surface area contributed by atoms with Gasteiger partial charge in [0.1, 0.15) is 0 Å². The Labute approximate surface area is 136 Å². The zero-order chi connectivity index (χ0) is 16.2. The number of hydrogen-bond acceptors (Lipinski definition) is 6. The summed E-state index contributed by atoms with van der Waals surface area (Å²) in [5.74, 6) is 1.37. The van der Waals surface area contributed by atoms with Crippen LogP contribution in [0.1, 0.15) is 35.8 Å². The van der Waals surface area contributed by atoms with Gasteiger partial charge in [-0.3, -0.25) is 9.80 Å². The van der Waals surface area contributed by atoms with Crippen LogP contribution in [-0.4, -0.2) is 46.1 Å². The second-order valence-corrected chi connectivity index (χ2v) is 5.94. The lowest BCUT2D eigenvalue weighted by molar-refractivity contribution is 0.0845. The number of benzene rings is 1. The predicted octanol–water partition coefficient (Wildman–Crippen LogP) is 2.13. The molecule has 2 aromatic rings. The standard InChI is InChI=1S/C17H21N5O/c1-13(17-19-14(2)20-23-17)22-9-7-21(8-10-22)12-16-6-4-3-5-15(16)11-18/h3-6,13H,7-10,12H2,1-2H3/t13-/m1/s1. The Balaban J connectivity index is 1.57. The van der Waals surface area contributed by atoms with Crippen molar-refractivity contribution in [2.24, 2.45) is 0 Å². The van der Waals surface area contributed by atoms with E-state index in [1.54, 1.807) is 0 Å². The van der Waals surface area contributed by atoms with Crippen molar-refractivity contribution in [1.29, 1.82) is 5.26 Å². The lowest BCUT2D eigenvalue weighted by Gasteiger charge is -2.36. The number of rotatable bonds is 4. The molecule has 0 N–H and O–H groups in total. The van der Waals surface area contributed by atoms with Crippen LogP contribution in [0.25, 0.3) is 0 Å². The lowest BCUT2D eigenvalue weighted by Crippen LogP contribution is -2.46. The van der Waals surface area contributed by atoms with E-state index in [4.69, 9.17) is 4.52 Å². The molecule has 0 aliphatic carbocycles. The van der Waals surface area contributed by atoms with Crippen LogP contribution in [0, 0.1) is 18.3 Å². The average Bonchev–Trinajstić information content (AvgIpc) is 3.02. The van der Waals surface area contributed by atoms with E-state index >= 15 is 0 Å². The summed E-state index contributed by atoms with van der Waals surface area (Å²) in [7, 11) is 0.